The molecule has 3 heteroatoms. The monoisotopic (exact) mass is 675 g/mol. The SMILES string of the molecule is c1ccc(-c2cc(-c3ccccc3)nc(-c3cccc(-c4ccc(-c5ccc(-n6c7ccccc7c7ccccc76)cc5)c5ccccc45)c3)n2)cc1. The zero-order chi connectivity index (χ0) is 35.1. The summed E-state index contributed by atoms with van der Waals surface area (Å²) < 4.78 is 2.37. The first-order chi connectivity index (χ1) is 26.3. The average molecular weight is 676 g/mol. The summed E-state index contributed by atoms with van der Waals surface area (Å²) in [5, 5.41) is 4.96. The molecule has 0 amide bonds. The van der Waals surface area contributed by atoms with E-state index < -0.39 is 0 Å². The van der Waals surface area contributed by atoms with E-state index in [1.807, 2.05) is 12.1 Å². The lowest BCUT2D eigenvalue weighted by molar-refractivity contribution is 1.18. The Bertz CT molecular complexity index is 2810. The largest absolute Gasteiger partial charge is 0.309 e. The summed E-state index contributed by atoms with van der Waals surface area (Å²) in [6, 6.07) is 70.9. The number of fused-ring (bicyclic) bond motifs is 4. The summed E-state index contributed by atoms with van der Waals surface area (Å²) in [5.74, 6) is 0.705. The smallest absolute Gasteiger partial charge is 0.160 e. The van der Waals surface area contributed by atoms with Crippen molar-refractivity contribution in [2.45, 2.75) is 0 Å². The Kier molecular flexibility index (Phi) is 7.47. The Balaban J connectivity index is 1.05. The summed E-state index contributed by atoms with van der Waals surface area (Å²) in [5.41, 5.74) is 13.2. The Labute approximate surface area is 308 Å². The van der Waals surface area contributed by atoms with Crippen molar-refractivity contribution >= 4 is 32.6 Å². The molecule has 2 heterocycles. The van der Waals surface area contributed by atoms with Crippen LogP contribution in [-0.4, -0.2) is 14.5 Å². The van der Waals surface area contributed by atoms with Gasteiger partial charge in [0.2, 0.25) is 0 Å². The molecular weight excluding hydrogens is 643 g/mol. The van der Waals surface area contributed by atoms with Crippen molar-refractivity contribution in [3.63, 3.8) is 0 Å². The summed E-state index contributed by atoms with van der Waals surface area (Å²) >= 11 is 0. The maximum Gasteiger partial charge on any atom is 0.160 e. The molecule has 10 aromatic rings. The minimum absolute atomic E-state index is 0.705. The van der Waals surface area contributed by atoms with Crippen molar-refractivity contribution in [3.05, 3.63) is 200 Å². The van der Waals surface area contributed by atoms with Crippen LogP contribution in [0.25, 0.3) is 94.4 Å². The Morgan fingerprint density at radius 1 is 0.302 bits per heavy atom. The van der Waals surface area contributed by atoms with Crippen LogP contribution in [0.5, 0.6) is 0 Å². The highest BCUT2D eigenvalue weighted by molar-refractivity contribution is 6.09. The maximum atomic E-state index is 5.10. The molecule has 0 saturated carbocycles. The van der Waals surface area contributed by atoms with E-state index in [1.54, 1.807) is 0 Å². The third kappa shape index (κ3) is 5.47. The molecule has 0 unspecified atom stereocenters. The summed E-state index contributed by atoms with van der Waals surface area (Å²) in [4.78, 5) is 10.2. The number of para-hydroxylation sites is 2. The molecule has 0 aliphatic heterocycles. The van der Waals surface area contributed by atoms with Gasteiger partial charge in [-0.3, -0.25) is 0 Å². The van der Waals surface area contributed by atoms with Crippen LogP contribution in [0.4, 0.5) is 0 Å². The van der Waals surface area contributed by atoms with Crippen LogP contribution < -0.4 is 0 Å². The van der Waals surface area contributed by atoms with Gasteiger partial charge in [0.05, 0.1) is 22.4 Å². The third-order valence-corrected chi connectivity index (χ3v) is 10.2. The predicted molar refractivity (Wildman–Crippen MR) is 221 cm³/mol. The van der Waals surface area contributed by atoms with Crippen molar-refractivity contribution in [1.82, 2.24) is 14.5 Å². The van der Waals surface area contributed by atoms with Crippen LogP contribution in [0.3, 0.4) is 0 Å². The fraction of sp³-hybridized carbons (Fsp3) is 0. The van der Waals surface area contributed by atoms with Gasteiger partial charge in [-0.15, -0.1) is 0 Å². The molecule has 0 aliphatic carbocycles. The van der Waals surface area contributed by atoms with Gasteiger partial charge in [0.15, 0.2) is 5.82 Å². The van der Waals surface area contributed by atoms with Crippen LogP contribution >= 0.6 is 0 Å². The van der Waals surface area contributed by atoms with E-state index >= 15 is 0 Å². The zero-order valence-electron chi connectivity index (χ0n) is 28.9. The molecule has 0 bridgehead atoms. The number of benzene rings is 8. The molecule has 0 N–H and O–H groups in total. The Morgan fingerprint density at radius 2 is 0.755 bits per heavy atom. The first-order valence-electron chi connectivity index (χ1n) is 18.0. The second kappa shape index (κ2) is 12.9. The number of hydrogen-bond donors (Lipinski definition) is 0. The van der Waals surface area contributed by atoms with Crippen LogP contribution in [0.2, 0.25) is 0 Å². The van der Waals surface area contributed by atoms with Crippen molar-refractivity contribution in [2.75, 3.05) is 0 Å². The highest BCUT2D eigenvalue weighted by Crippen LogP contribution is 2.38. The predicted octanol–water partition coefficient (Wildman–Crippen LogP) is 13.1. The van der Waals surface area contributed by atoms with Gasteiger partial charge >= 0.3 is 0 Å². The first kappa shape index (κ1) is 30.7. The van der Waals surface area contributed by atoms with E-state index in [2.05, 4.69) is 193 Å². The molecule has 0 fully saturated rings. The minimum atomic E-state index is 0.705. The van der Waals surface area contributed by atoms with Crippen LogP contribution in [0.15, 0.2) is 200 Å². The summed E-state index contributed by atoms with van der Waals surface area (Å²) in [6.07, 6.45) is 0. The Morgan fingerprint density at radius 3 is 1.32 bits per heavy atom. The molecular formula is C50H33N3. The molecule has 2 aromatic heterocycles. The molecule has 10 rings (SSSR count). The second-order valence-corrected chi connectivity index (χ2v) is 13.4. The van der Waals surface area contributed by atoms with Gasteiger partial charge in [0.25, 0.3) is 0 Å². The fourth-order valence-corrected chi connectivity index (χ4v) is 7.71. The van der Waals surface area contributed by atoms with E-state index in [9.17, 15) is 0 Å². The van der Waals surface area contributed by atoms with Gasteiger partial charge in [-0.1, -0.05) is 164 Å². The average Bonchev–Trinajstić information content (AvgIpc) is 3.58. The lowest BCUT2D eigenvalue weighted by Crippen LogP contribution is -1.96. The number of aromatic nitrogens is 3. The molecule has 8 aromatic carbocycles. The molecule has 0 atom stereocenters. The standard InChI is InChI=1S/C50H33N3/c1-3-14-35(15-4-1)46-33-47(36-16-5-2-6-17-36)52-50(51-46)38-19-13-18-37(32-38)41-31-30-40(42-20-7-8-21-43(41)42)34-26-28-39(29-27-34)53-48-24-11-9-22-44(48)45-23-10-12-25-49(45)53/h1-33H. The van der Waals surface area contributed by atoms with E-state index in [0.29, 0.717) is 5.82 Å². The Hall–Kier alpha value is -7.10. The third-order valence-electron chi connectivity index (χ3n) is 10.2. The van der Waals surface area contributed by atoms with Gasteiger partial charge in [-0.2, -0.15) is 0 Å². The van der Waals surface area contributed by atoms with Crippen LogP contribution in [-0.2, 0) is 0 Å². The van der Waals surface area contributed by atoms with Gasteiger partial charge in [-0.05, 0) is 69.4 Å². The molecule has 0 aliphatic rings. The molecule has 0 spiro atoms. The van der Waals surface area contributed by atoms with Crippen LogP contribution in [0.1, 0.15) is 0 Å². The minimum Gasteiger partial charge on any atom is -0.309 e. The van der Waals surface area contributed by atoms with Crippen molar-refractivity contribution in [3.8, 4) is 61.8 Å². The lowest BCUT2D eigenvalue weighted by atomic mass is 9.91. The van der Waals surface area contributed by atoms with E-state index in [0.717, 1.165) is 39.3 Å². The van der Waals surface area contributed by atoms with Gasteiger partial charge < -0.3 is 4.57 Å². The maximum absolute atomic E-state index is 5.10. The summed E-state index contributed by atoms with van der Waals surface area (Å²) in [6.45, 7) is 0. The topological polar surface area (TPSA) is 30.7 Å². The quantitative estimate of drug-likeness (QED) is 0.176. The lowest BCUT2D eigenvalue weighted by Gasteiger charge is -2.14. The highest BCUT2D eigenvalue weighted by atomic mass is 15.0. The molecule has 248 valence electrons. The fourth-order valence-electron chi connectivity index (χ4n) is 7.71. The van der Waals surface area contributed by atoms with Crippen molar-refractivity contribution in [2.24, 2.45) is 0 Å². The van der Waals surface area contributed by atoms with E-state index in [4.69, 9.17) is 9.97 Å². The van der Waals surface area contributed by atoms with Crippen molar-refractivity contribution in [1.29, 1.82) is 0 Å². The zero-order valence-corrected chi connectivity index (χ0v) is 28.9. The van der Waals surface area contributed by atoms with Crippen molar-refractivity contribution < 1.29 is 0 Å². The van der Waals surface area contributed by atoms with Crippen LogP contribution in [0, 0.1) is 0 Å². The molecule has 0 saturated heterocycles. The first-order valence-corrected chi connectivity index (χ1v) is 18.0. The second-order valence-electron chi connectivity index (χ2n) is 13.4. The van der Waals surface area contributed by atoms with Gasteiger partial charge in [0.1, 0.15) is 0 Å². The molecule has 53 heavy (non-hydrogen) atoms. The normalized spacial score (nSPS) is 11.4. The number of hydrogen-bond acceptors (Lipinski definition) is 2. The van der Waals surface area contributed by atoms with Gasteiger partial charge in [0, 0.05) is 33.2 Å². The van der Waals surface area contributed by atoms with E-state index in [1.165, 1.54) is 49.3 Å². The van der Waals surface area contributed by atoms with Gasteiger partial charge in [-0.25, -0.2) is 9.97 Å². The van der Waals surface area contributed by atoms with E-state index in [-0.39, 0.29) is 0 Å². The molecule has 0 radical (unpaired) electrons. The number of nitrogens with zero attached hydrogens (tertiary/aromatic N) is 3. The highest BCUT2D eigenvalue weighted by Gasteiger charge is 2.15. The summed E-state index contributed by atoms with van der Waals surface area (Å²) in [7, 11) is 0. The molecule has 3 nitrogen and oxygen atoms in total. The number of rotatable bonds is 6.